The predicted molar refractivity (Wildman–Crippen MR) is 85.0 cm³/mol. The molecule has 0 atom stereocenters. The van der Waals surface area contributed by atoms with Gasteiger partial charge in [-0.3, -0.25) is 4.79 Å². The highest BCUT2D eigenvalue weighted by Gasteiger charge is 2.41. The van der Waals surface area contributed by atoms with E-state index in [4.69, 9.17) is 0 Å². The van der Waals surface area contributed by atoms with Gasteiger partial charge in [0.1, 0.15) is 0 Å². The first-order chi connectivity index (χ1) is 9.70. The molecule has 1 saturated carbocycles. The monoisotopic (exact) mass is 370 g/mol. The van der Waals surface area contributed by atoms with Gasteiger partial charge in [0.05, 0.1) is 10.4 Å². The molecule has 1 aromatic carbocycles. The highest BCUT2D eigenvalue weighted by atomic mass is 79.9. The van der Waals surface area contributed by atoms with Crippen LogP contribution in [0.25, 0.3) is 10.9 Å². The first-order valence-corrected chi connectivity index (χ1v) is 8.85. The maximum atomic E-state index is 12.4. The molecule has 7 heteroatoms. The van der Waals surface area contributed by atoms with E-state index in [1.54, 1.807) is 6.07 Å². The minimum Gasteiger partial charge on any atom is -0.322 e. The van der Waals surface area contributed by atoms with Crippen LogP contribution in [0.2, 0.25) is 0 Å². The molecule has 1 heterocycles. The van der Waals surface area contributed by atoms with E-state index in [-0.39, 0.29) is 16.0 Å². The standard InChI is InChI=1S/C14H15BrN2O3S/c1-8-5-12(18)16-11-7-9(6-10(15)13(8)11)21(19,20)17-14(2)3-4-14/h5-7,17H,3-4H2,1-2H3,(H,16,18). The number of H-pyrrole nitrogens is 1. The van der Waals surface area contributed by atoms with E-state index in [2.05, 4.69) is 25.6 Å². The molecule has 2 aromatic rings. The molecule has 2 N–H and O–H groups in total. The Balaban J connectivity index is 2.18. The smallest absolute Gasteiger partial charge is 0.248 e. The lowest BCUT2D eigenvalue weighted by Crippen LogP contribution is -2.34. The van der Waals surface area contributed by atoms with Crippen LogP contribution in [-0.4, -0.2) is 18.9 Å². The molecule has 1 fully saturated rings. The van der Waals surface area contributed by atoms with Crippen molar-refractivity contribution in [1.29, 1.82) is 0 Å². The summed E-state index contributed by atoms with van der Waals surface area (Å²) in [4.78, 5) is 14.4. The summed E-state index contributed by atoms with van der Waals surface area (Å²) < 4.78 is 28.2. The fourth-order valence-electron chi connectivity index (χ4n) is 2.35. The molecule has 0 bridgehead atoms. The van der Waals surface area contributed by atoms with Gasteiger partial charge in [-0.05, 0) is 44.4 Å². The van der Waals surface area contributed by atoms with Crippen molar-refractivity contribution >= 4 is 36.9 Å². The van der Waals surface area contributed by atoms with Gasteiger partial charge in [0.25, 0.3) is 0 Å². The van der Waals surface area contributed by atoms with Crippen molar-refractivity contribution in [1.82, 2.24) is 9.71 Å². The van der Waals surface area contributed by atoms with Gasteiger partial charge in [-0.25, -0.2) is 13.1 Å². The van der Waals surface area contributed by atoms with E-state index >= 15 is 0 Å². The zero-order chi connectivity index (χ0) is 15.4. The second-order valence-corrected chi connectivity index (χ2v) is 8.35. The molecule has 3 rings (SSSR count). The maximum absolute atomic E-state index is 12.4. The number of hydrogen-bond acceptors (Lipinski definition) is 3. The van der Waals surface area contributed by atoms with Crippen molar-refractivity contribution in [3.05, 3.63) is 38.6 Å². The van der Waals surface area contributed by atoms with Crippen LogP contribution in [0, 0.1) is 6.92 Å². The summed E-state index contributed by atoms with van der Waals surface area (Å²) in [6.07, 6.45) is 1.69. The Morgan fingerprint density at radius 2 is 1.95 bits per heavy atom. The minimum atomic E-state index is -3.60. The number of pyridine rings is 1. The molecule has 112 valence electrons. The summed E-state index contributed by atoms with van der Waals surface area (Å²) in [5.74, 6) is 0. The molecule has 21 heavy (non-hydrogen) atoms. The van der Waals surface area contributed by atoms with Gasteiger partial charge >= 0.3 is 0 Å². The van der Waals surface area contributed by atoms with Crippen LogP contribution in [0.4, 0.5) is 0 Å². The fraction of sp³-hybridized carbons (Fsp3) is 0.357. The fourth-order valence-corrected chi connectivity index (χ4v) is 4.79. The number of benzene rings is 1. The second kappa shape index (κ2) is 4.66. The van der Waals surface area contributed by atoms with E-state index in [9.17, 15) is 13.2 Å². The summed E-state index contributed by atoms with van der Waals surface area (Å²) >= 11 is 3.40. The highest BCUT2D eigenvalue weighted by Crippen LogP contribution is 2.36. The lowest BCUT2D eigenvalue weighted by Gasteiger charge is -2.14. The number of sulfonamides is 1. The molecular weight excluding hydrogens is 356 g/mol. The molecule has 0 saturated heterocycles. The van der Waals surface area contributed by atoms with Crippen LogP contribution >= 0.6 is 15.9 Å². The summed E-state index contributed by atoms with van der Waals surface area (Å²) in [6, 6.07) is 4.56. The van der Waals surface area contributed by atoms with E-state index in [1.165, 1.54) is 12.1 Å². The number of aromatic nitrogens is 1. The molecule has 1 aliphatic rings. The molecule has 0 aliphatic heterocycles. The second-order valence-electron chi connectivity index (χ2n) is 5.81. The number of halogens is 1. The molecule has 0 unspecified atom stereocenters. The van der Waals surface area contributed by atoms with E-state index in [0.29, 0.717) is 9.99 Å². The van der Waals surface area contributed by atoms with Crippen LogP contribution in [0.1, 0.15) is 25.3 Å². The molecule has 0 spiro atoms. The van der Waals surface area contributed by atoms with Gasteiger partial charge in [0.2, 0.25) is 15.6 Å². The van der Waals surface area contributed by atoms with Crippen LogP contribution < -0.4 is 10.3 Å². The SMILES string of the molecule is Cc1cc(=O)[nH]c2cc(S(=O)(=O)NC3(C)CC3)cc(Br)c12. The van der Waals surface area contributed by atoms with E-state index in [0.717, 1.165) is 23.8 Å². The Hall–Kier alpha value is -1.18. The Kier molecular flexibility index (Phi) is 3.27. The zero-order valence-electron chi connectivity index (χ0n) is 11.7. The van der Waals surface area contributed by atoms with Crippen LogP contribution in [0.5, 0.6) is 0 Å². The number of nitrogens with one attached hydrogen (secondary N) is 2. The summed E-state index contributed by atoms with van der Waals surface area (Å²) in [5, 5.41) is 0.811. The van der Waals surface area contributed by atoms with Crippen LogP contribution in [0.3, 0.4) is 0 Å². The Morgan fingerprint density at radius 3 is 2.57 bits per heavy atom. The van der Waals surface area contributed by atoms with Crippen molar-refractivity contribution in [2.45, 2.75) is 37.1 Å². The first kappa shape index (κ1) is 14.7. The number of fused-ring (bicyclic) bond motifs is 1. The van der Waals surface area contributed by atoms with Gasteiger partial charge in [-0.1, -0.05) is 15.9 Å². The quantitative estimate of drug-likeness (QED) is 0.870. The van der Waals surface area contributed by atoms with Gasteiger partial charge in [0.15, 0.2) is 0 Å². The lowest BCUT2D eigenvalue weighted by molar-refractivity contribution is 0.558. The molecule has 1 aromatic heterocycles. The Morgan fingerprint density at radius 1 is 1.29 bits per heavy atom. The number of rotatable bonds is 3. The topological polar surface area (TPSA) is 79.0 Å². The van der Waals surface area contributed by atoms with Crippen LogP contribution in [-0.2, 0) is 10.0 Å². The number of aryl methyl sites for hydroxylation is 1. The number of aromatic amines is 1. The third kappa shape index (κ3) is 2.77. The average Bonchev–Trinajstić information content (AvgIpc) is 3.03. The maximum Gasteiger partial charge on any atom is 0.248 e. The number of hydrogen-bond donors (Lipinski definition) is 2. The molecular formula is C14H15BrN2O3S. The molecule has 0 amide bonds. The van der Waals surface area contributed by atoms with Crippen molar-refractivity contribution in [2.24, 2.45) is 0 Å². The van der Waals surface area contributed by atoms with Gasteiger partial charge < -0.3 is 4.98 Å². The molecule has 5 nitrogen and oxygen atoms in total. The van der Waals surface area contributed by atoms with Crippen molar-refractivity contribution in [2.75, 3.05) is 0 Å². The van der Waals surface area contributed by atoms with E-state index in [1.807, 2.05) is 13.8 Å². The summed E-state index contributed by atoms with van der Waals surface area (Å²) in [5.41, 5.74) is 0.728. The van der Waals surface area contributed by atoms with Gasteiger partial charge in [0, 0.05) is 21.5 Å². The predicted octanol–water partition coefficient (Wildman–Crippen LogP) is 2.43. The molecule has 1 aliphatic carbocycles. The Bertz CT molecular complexity index is 898. The highest BCUT2D eigenvalue weighted by molar-refractivity contribution is 9.10. The largest absolute Gasteiger partial charge is 0.322 e. The van der Waals surface area contributed by atoms with Gasteiger partial charge in [-0.2, -0.15) is 0 Å². The van der Waals surface area contributed by atoms with Crippen LogP contribution in [0.15, 0.2) is 32.4 Å². The van der Waals surface area contributed by atoms with Gasteiger partial charge in [-0.15, -0.1) is 0 Å². The van der Waals surface area contributed by atoms with Crippen molar-refractivity contribution in [3.8, 4) is 0 Å². The minimum absolute atomic E-state index is 0.149. The van der Waals surface area contributed by atoms with Crippen molar-refractivity contribution < 1.29 is 8.42 Å². The lowest BCUT2D eigenvalue weighted by atomic mass is 10.1. The average molecular weight is 371 g/mol. The summed E-state index contributed by atoms with van der Waals surface area (Å²) in [7, 11) is -3.60. The normalized spacial score (nSPS) is 17.1. The Labute approximate surface area is 130 Å². The third-order valence-electron chi connectivity index (χ3n) is 3.75. The zero-order valence-corrected chi connectivity index (χ0v) is 14.1. The van der Waals surface area contributed by atoms with Crippen molar-refractivity contribution in [3.63, 3.8) is 0 Å². The summed E-state index contributed by atoms with van der Waals surface area (Å²) in [6.45, 7) is 3.70. The first-order valence-electron chi connectivity index (χ1n) is 6.57. The van der Waals surface area contributed by atoms with E-state index < -0.39 is 10.0 Å². The third-order valence-corrected chi connectivity index (χ3v) is 6.00. The molecule has 0 radical (unpaired) electrons.